The molecular formula is C23H15ClN2O2S. The molecule has 0 fully saturated rings. The number of rotatable bonds is 4. The predicted octanol–water partition coefficient (Wildman–Crippen LogP) is 6.54. The molecule has 0 aliphatic heterocycles. The second-order valence-corrected chi connectivity index (χ2v) is 8.00. The van der Waals surface area contributed by atoms with Gasteiger partial charge in [-0.05, 0) is 41.1 Å². The Labute approximate surface area is 176 Å². The fourth-order valence-corrected chi connectivity index (χ4v) is 4.62. The van der Waals surface area contributed by atoms with E-state index in [9.17, 15) is 4.79 Å². The van der Waals surface area contributed by atoms with Gasteiger partial charge in [0, 0.05) is 5.56 Å². The van der Waals surface area contributed by atoms with E-state index in [0.717, 1.165) is 15.5 Å². The van der Waals surface area contributed by atoms with E-state index in [1.54, 1.807) is 17.2 Å². The Morgan fingerprint density at radius 3 is 2.66 bits per heavy atom. The van der Waals surface area contributed by atoms with Gasteiger partial charge in [-0.15, -0.1) is 0 Å². The molecule has 0 N–H and O–H groups in total. The number of fused-ring (bicyclic) bond motifs is 2. The molecule has 5 rings (SSSR count). The summed E-state index contributed by atoms with van der Waals surface area (Å²) in [6, 6.07) is 22.9. The van der Waals surface area contributed by atoms with Crippen molar-refractivity contribution in [3.63, 3.8) is 0 Å². The van der Waals surface area contributed by atoms with E-state index >= 15 is 0 Å². The molecular weight excluding hydrogens is 404 g/mol. The topological polar surface area (TPSA) is 46.3 Å². The van der Waals surface area contributed by atoms with Gasteiger partial charge in [-0.25, -0.2) is 4.98 Å². The first-order valence-corrected chi connectivity index (χ1v) is 10.3. The highest BCUT2D eigenvalue weighted by molar-refractivity contribution is 7.22. The average molecular weight is 419 g/mol. The molecule has 3 aromatic carbocycles. The zero-order valence-corrected chi connectivity index (χ0v) is 16.8. The molecule has 0 aliphatic rings. The molecule has 0 atom stereocenters. The molecule has 0 radical (unpaired) electrons. The zero-order chi connectivity index (χ0) is 19.8. The van der Waals surface area contributed by atoms with Crippen LogP contribution in [0.5, 0.6) is 0 Å². The number of carbonyl (C=O) groups excluding carboxylic acids is 1. The Bertz CT molecular complexity index is 1320. The lowest BCUT2D eigenvalue weighted by molar-refractivity contribution is 0.0985. The van der Waals surface area contributed by atoms with Crippen molar-refractivity contribution in [2.45, 2.75) is 6.54 Å². The number of hydrogen-bond acceptors (Lipinski definition) is 4. The summed E-state index contributed by atoms with van der Waals surface area (Å²) < 4.78 is 6.45. The minimum Gasteiger partial charge on any atom is -0.467 e. The average Bonchev–Trinajstić information content (AvgIpc) is 3.41. The molecule has 0 unspecified atom stereocenters. The van der Waals surface area contributed by atoms with E-state index in [1.165, 1.54) is 11.3 Å². The van der Waals surface area contributed by atoms with Gasteiger partial charge >= 0.3 is 0 Å². The van der Waals surface area contributed by atoms with E-state index in [0.29, 0.717) is 27.0 Å². The van der Waals surface area contributed by atoms with Crippen molar-refractivity contribution in [1.82, 2.24) is 4.98 Å². The standard InChI is InChI=1S/C23H15ClN2O2S/c24-19-11-4-12-20-21(19)25-23(29-20)26(14-16-8-5-13-28-16)22(27)18-10-3-7-15-6-1-2-9-17(15)18/h1-13H,14H2. The van der Waals surface area contributed by atoms with Crippen molar-refractivity contribution in [2.24, 2.45) is 0 Å². The van der Waals surface area contributed by atoms with Crippen molar-refractivity contribution < 1.29 is 9.21 Å². The Kier molecular flexibility index (Phi) is 4.54. The Morgan fingerprint density at radius 1 is 1.00 bits per heavy atom. The fraction of sp³-hybridized carbons (Fsp3) is 0.0435. The number of thiazole rings is 1. The van der Waals surface area contributed by atoms with Crippen LogP contribution in [0, 0.1) is 0 Å². The van der Waals surface area contributed by atoms with Crippen molar-refractivity contribution >= 4 is 55.0 Å². The number of anilines is 1. The van der Waals surface area contributed by atoms with E-state index in [2.05, 4.69) is 4.98 Å². The van der Waals surface area contributed by atoms with E-state index in [-0.39, 0.29) is 12.5 Å². The maximum atomic E-state index is 13.7. The second kappa shape index (κ2) is 7.35. The van der Waals surface area contributed by atoms with Crippen LogP contribution >= 0.6 is 22.9 Å². The van der Waals surface area contributed by atoms with Crippen molar-refractivity contribution in [2.75, 3.05) is 4.90 Å². The maximum absolute atomic E-state index is 13.7. The lowest BCUT2D eigenvalue weighted by Crippen LogP contribution is -2.30. The summed E-state index contributed by atoms with van der Waals surface area (Å²) in [6.07, 6.45) is 1.60. The van der Waals surface area contributed by atoms with Gasteiger partial charge < -0.3 is 4.42 Å². The Balaban J connectivity index is 1.65. The van der Waals surface area contributed by atoms with E-state index < -0.39 is 0 Å². The fourth-order valence-electron chi connectivity index (χ4n) is 3.36. The third-order valence-corrected chi connectivity index (χ3v) is 6.10. The van der Waals surface area contributed by atoms with Crippen LogP contribution in [0.25, 0.3) is 21.0 Å². The Hall–Kier alpha value is -3.15. The van der Waals surface area contributed by atoms with Crippen LogP contribution in [-0.4, -0.2) is 10.9 Å². The number of halogens is 1. The van der Waals surface area contributed by atoms with Gasteiger partial charge in [-0.3, -0.25) is 9.69 Å². The summed E-state index contributed by atoms with van der Waals surface area (Å²) in [5.74, 6) is 0.553. The highest BCUT2D eigenvalue weighted by Gasteiger charge is 2.24. The summed E-state index contributed by atoms with van der Waals surface area (Å²) in [4.78, 5) is 20.0. The Morgan fingerprint density at radius 2 is 1.83 bits per heavy atom. The van der Waals surface area contributed by atoms with Crippen molar-refractivity contribution in [3.8, 4) is 0 Å². The molecule has 29 heavy (non-hydrogen) atoms. The van der Waals surface area contributed by atoms with E-state index in [1.807, 2.05) is 66.7 Å². The number of benzene rings is 3. The number of nitrogens with zero attached hydrogens (tertiary/aromatic N) is 2. The molecule has 142 valence electrons. The van der Waals surface area contributed by atoms with Crippen LogP contribution in [-0.2, 0) is 6.54 Å². The number of para-hydroxylation sites is 1. The summed E-state index contributed by atoms with van der Waals surface area (Å²) in [5, 5.41) is 3.08. The molecule has 0 saturated carbocycles. The van der Waals surface area contributed by atoms with Crippen molar-refractivity contribution in [1.29, 1.82) is 0 Å². The van der Waals surface area contributed by atoms with Crippen LogP contribution in [0.1, 0.15) is 16.1 Å². The molecule has 5 aromatic rings. The number of amides is 1. The normalized spacial score (nSPS) is 11.2. The molecule has 2 aromatic heterocycles. The molecule has 0 aliphatic carbocycles. The molecule has 0 saturated heterocycles. The lowest BCUT2D eigenvalue weighted by atomic mass is 10.0. The van der Waals surface area contributed by atoms with Crippen LogP contribution < -0.4 is 4.90 Å². The van der Waals surface area contributed by atoms with Gasteiger partial charge in [0.25, 0.3) is 5.91 Å². The number of furan rings is 1. The summed E-state index contributed by atoms with van der Waals surface area (Å²) >= 11 is 7.75. The van der Waals surface area contributed by atoms with Crippen LogP contribution in [0.3, 0.4) is 0 Å². The quantitative estimate of drug-likeness (QED) is 0.332. The third kappa shape index (κ3) is 3.28. The number of carbonyl (C=O) groups is 1. The smallest absolute Gasteiger partial charge is 0.261 e. The van der Waals surface area contributed by atoms with Crippen molar-refractivity contribution in [3.05, 3.63) is 95.4 Å². The second-order valence-electron chi connectivity index (χ2n) is 6.58. The monoisotopic (exact) mass is 418 g/mol. The largest absolute Gasteiger partial charge is 0.467 e. The summed E-state index contributed by atoms with van der Waals surface area (Å²) in [6.45, 7) is 0.284. The predicted molar refractivity (Wildman–Crippen MR) is 118 cm³/mol. The third-order valence-electron chi connectivity index (χ3n) is 4.75. The first-order chi connectivity index (χ1) is 14.2. The van der Waals surface area contributed by atoms with E-state index in [4.69, 9.17) is 16.0 Å². The number of aromatic nitrogens is 1. The molecule has 0 bridgehead atoms. The minimum atomic E-state index is -0.131. The molecule has 2 heterocycles. The van der Waals surface area contributed by atoms with Gasteiger partial charge in [-0.2, -0.15) is 0 Å². The maximum Gasteiger partial charge on any atom is 0.261 e. The van der Waals surface area contributed by atoms with Gasteiger partial charge in [0.05, 0.1) is 22.5 Å². The van der Waals surface area contributed by atoms with Gasteiger partial charge in [-0.1, -0.05) is 65.4 Å². The zero-order valence-electron chi connectivity index (χ0n) is 15.2. The van der Waals surface area contributed by atoms with Crippen LogP contribution in [0.4, 0.5) is 5.13 Å². The van der Waals surface area contributed by atoms with Crippen LogP contribution in [0.15, 0.2) is 83.5 Å². The minimum absolute atomic E-state index is 0.131. The van der Waals surface area contributed by atoms with Crippen LogP contribution in [0.2, 0.25) is 5.02 Å². The molecule has 4 nitrogen and oxygen atoms in total. The summed E-state index contributed by atoms with van der Waals surface area (Å²) in [7, 11) is 0. The highest BCUT2D eigenvalue weighted by Crippen LogP contribution is 2.34. The summed E-state index contributed by atoms with van der Waals surface area (Å²) in [5.41, 5.74) is 1.32. The van der Waals surface area contributed by atoms with Gasteiger partial charge in [0.1, 0.15) is 11.3 Å². The first kappa shape index (κ1) is 17.9. The van der Waals surface area contributed by atoms with Gasteiger partial charge in [0.2, 0.25) is 0 Å². The number of hydrogen-bond donors (Lipinski definition) is 0. The van der Waals surface area contributed by atoms with Gasteiger partial charge in [0.15, 0.2) is 5.13 Å². The molecule has 6 heteroatoms. The molecule has 1 amide bonds. The first-order valence-electron chi connectivity index (χ1n) is 9.08. The highest BCUT2D eigenvalue weighted by atomic mass is 35.5. The molecule has 0 spiro atoms. The lowest BCUT2D eigenvalue weighted by Gasteiger charge is -2.19. The SMILES string of the molecule is O=C(c1cccc2ccccc12)N(Cc1ccco1)c1nc2c(Cl)cccc2s1.